The van der Waals surface area contributed by atoms with E-state index in [1.54, 1.807) is 18.2 Å². The van der Waals surface area contributed by atoms with Crippen LogP contribution < -0.4 is 5.32 Å². The summed E-state index contributed by atoms with van der Waals surface area (Å²) in [6.45, 7) is 0.412. The van der Waals surface area contributed by atoms with Crippen molar-refractivity contribution in [2.45, 2.75) is 0 Å². The first kappa shape index (κ1) is 15.3. The normalized spacial score (nSPS) is 10.1. The van der Waals surface area contributed by atoms with Gasteiger partial charge in [0.1, 0.15) is 0 Å². The minimum Gasteiger partial charge on any atom is -0.481 e. The van der Waals surface area contributed by atoms with Gasteiger partial charge in [0.15, 0.2) is 0 Å². The van der Waals surface area contributed by atoms with Crippen LogP contribution in [0, 0.1) is 0 Å². The molecule has 0 saturated heterocycles. The molecular formula is C11H11BrClNO3S. The van der Waals surface area contributed by atoms with Gasteiger partial charge in [0.2, 0.25) is 0 Å². The SMILES string of the molecule is O=C(O)CSCCNC(=O)c1cc(Cl)ccc1Br. The maximum atomic E-state index is 11.8. The van der Waals surface area contributed by atoms with E-state index >= 15 is 0 Å². The molecule has 1 rings (SSSR count). The van der Waals surface area contributed by atoms with Gasteiger partial charge in [-0.2, -0.15) is 0 Å². The Kier molecular flexibility index (Phi) is 6.52. The van der Waals surface area contributed by atoms with Crippen molar-refractivity contribution in [3.8, 4) is 0 Å². The predicted octanol–water partition coefficient (Wildman–Crippen LogP) is 2.65. The third-order valence-electron chi connectivity index (χ3n) is 1.93. The number of rotatable bonds is 6. The van der Waals surface area contributed by atoms with E-state index < -0.39 is 5.97 Å². The van der Waals surface area contributed by atoms with E-state index in [0.29, 0.717) is 27.4 Å². The van der Waals surface area contributed by atoms with E-state index in [1.807, 2.05) is 0 Å². The Bertz CT molecular complexity index is 456. The quantitative estimate of drug-likeness (QED) is 0.773. The number of carboxylic acid groups (broad SMARTS) is 1. The van der Waals surface area contributed by atoms with Crippen molar-refractivity contribution in [2.75, 3.05) is 18.1 Å². The first-order valence-corrected chi connectivity index (χ1v) is 7.36. The van der Waals surface area contributed by atoms with Crippen LogP contribution in [0.3, 0.4) is 0 Å². The van der Waals surface area contributed by atoms with Crippen LogP contribution in [0.15, 0.2) is 22.7 Å². The number of carbonyl (C=O) groups is 2. The van der Waals surface area contributed by atoms with E-state index in [4.69, 9.17) is 16.7 Å². The Morgan fingerprint density at radius 1 is 1.44 bits per heavy atom. The van der Waals surface area contributed by atoms with Crippen molar-refractivity contribution < 1.29 is 14.7 Å². The molecule has 0 aromatic heterocycles. The Hall–Kier alpha value is -0.720. The van der Waals surface area contributed by atoms with Gasteiger partial charge in [-0.3, -0.25) is 9.59 Å². The van der Waals surface area contributed by atoms with Crippen LogP contribution in [-0.4, -0.2) is 35.0 Å². The lowest BCUT2D eigenvalue weighted by Crippen LogP contribution is -2.26. The van der Waals surface area contributed by atoms with Crippen LogP contribution in [0.25, 0.3) is 0 Å². The topological polar surface area (TPSA) is 66.4 Å². The Labute approximate surface area is 122 Å². The number of thioether (sulfide) groups is 1. The van der Waals surface area contributed by atoms with Crippen LogP contribution in [0.5, 0.6) is 0 Å². The molecule has 0 atom stereocenters. The summed E-state index contributed by atoms with van der Waals surface area (Å²) in [7, 11) is 0. The molecule has 0 unspecified atom stereocenters. The summed E-state index contributed by atoms with van der Waals surface area (Å²) in [6, 6.07) is 4.97. The van der Waals surface area contributed by atoms with E-state index in [2.05, 4.69) is 21.2 Å². The molecule has 0 heterocycles. The number of nitrogens with one attached hydrogen (secondary N) is 1. The van der Waals surface area contributed by atoms with Gasteiger partial charge >= 0.3 is 5.97 Å². The minimum atomic E-state index is -0.857. The second-order valence-electron chi connectivity index (χ2n) is 3.33. The largest absolute Gasteiger partial charge is 0.481 e. The fourth-order valence-corrected chi connectivity index (χ4v) is 2.33. The third kappa shape index (κ3) is 5.29. The van der Waals surface area contributed by atoms with Crippen LogP contribution in [-0.2, 0) is 4.79 Å². The second kappa shape index (κ2) is 7.66. The molecule has 0 spiro atoms. The van der Waals surface area contributed by atoms with Gasteiger partial charge in [-0.1, -0.05) is 11.6 Å². The molecule has 0 aliphatic rings. The van der Waals surface area contributed by atoms with Crippen molar-refractivity contribution in [1.82, 2.24) is 5.32 Å². The summed E-state index contributed by atoms with van der Waals surface area (Å²) in [4.78, 5) is 22.1. The summed E-state index contributed by atoms with van der Waals surface area (Å²) in [5.74, 6) is -0.503. The fourth-order valence-electron chi connectivity index (χ4n) is 1.16. The Morgan fingerprint density at radius 2 is 2.17 bits per heavy atom. The number of hydrogen-bond donors (Lipinski definition) is 2. The highest BCUT2D eigenvalue weighted by molar-refractivity contribution is 9.10. The molecule has 1 aromatic carbocycles. The van der Waals surface area contributed by atoms with Gasteiger partial charge in [0.05, 0.1) is 11.3 Å². The molecule has 18 heavy (non-hydrogen) atoms. The summed E-state index contributed by atoms with van der Waals surface area (Å²) < 4.78 is 0.669. The van der Waals surface area contributed by atoms with E-state index in [9.17, 15) is 9.59 Å². The van der Waals surface area contributed by atoms with E-state index in [0.717, 1.165) is 0 Å². The number of halogens is 2. The highest BCUT2D eigenvalue weighted by Crippen LogP contribution is 2.20. The molecule has 0 aliphatic heterocycles. The van der Waals surface area contributed by atoms with Crippen LogP contribution >= 0.6 is 39.3 Å². The smallest absolute Gasteiger partial charge is 0.313 e. The molecule has 98 valence electrons. The lowest BCUT2D eigenvalue weighted by molar-refractivity contribution is -0.133. The Morgan fingerprint density at radius 3 is 2.83 bits per heavy atom. The van der Waals surface area contributed by atoms with Gasteiger partial charge in [-0.25, -0.2) is 0 Å². The summed E-state index contributed by atoms with van der Waals surface area (Å²) in [5, 5.41) is 11.6. The number of carboxylic acids is 1. The van der Waals surface area contributed by atoms with E-state index in [-0.39, 0.29) is 11.7 Å². The van der Waals surface area contributed by atoms with Crippen LogP contribution in [0.4, 0.5) is 0 Å². The third-order valence-corrected chi connectivity index (χ3v) is 3.80. The highest BCUT2D eigenvalue weighted by atomic mass is 79.9. The Balaban J connectivity index is 2.41. The van der Waals surface area contributed by atoms with E-state index in [1.165, 1.54) is 11.8 Å². The predicted molar refractivity (Wildman–Crippen MR) is 76.4 cm³/mol. The summed E-state index contributed by atoms with van der Waals surface area (Å²) in [5.41, 5.74) is 0.464. The van der Waals surface area contributed by atoms with Gasteiger partial charge in [0.25, 0.3) is 5.91 Å². The standard InChI is InChI=1S/C11H11BrClNO3S/c12-9-2-1-7(13)5-8(9)11(17)14-3-4-18-6-10(15)16/h1-2,5H,3-4,6H2,(H,14,17)(H,15,16). The number of amides is 1. The molecule has 1 amide bonds. The number of aliphatic carboxylic acids is 1. The molecule has 0 aliphatic carbocycles. The second-order valence-corrected chi connectivity index (χ2v) is 5.72. The molecule has 4 nitrogen and oxygen atoms in total. The van der Waals surface area contributed by atoms with Crippen molar-refractivity contribution in [1.29, 1.82) is 0 Å². The summed E-state index contributed by atoms with van der Waals surface area (Å²) >= 11 is 10.3. The zero-order valence-corrected chi connectivity index (χ0v) is 12.4. The minimum absolute atomic E-state index is 0.0384. The number of carbonyl (C=O) groups excluding carboxylic acids is 1. The molecule has 2 N–H and O–H groups in total. The molecule has 7 heteroatoms. The first-order valence-electron chi connectivity index (χ1n) is 5.03. The average Bonchev–Trinajstić information content (AvgIpc) is 2.31. The van der Waals surface area contributed by atoms with Gasteiger partial charge in [0, 0.05) is 21.8 Å². The van der Waals surface area contributed by atoms with Gasteiger partial charge < -0.3 is 10.4 Å². The maximum absolute atomic E-state index is 11.8. The molecule has 1 aromatic rings. The summed E-state index contributed by atoms with van der Waals surface area (Å²) in [6.07, 6.45) is 0. The number of hydrogen-bond acceptors (Lipinski definition) is 3. The monoisotopic (exact) mass is 351 g/mol. The molecular weight excluding hydrogens is 342 g/mol. The van der Waals surface area contributed by atoms with Crippen molar-refractivity contribution in [3.05, 3.63) is 33.3 Å². The molecule has 0 bridgehead atoms. The van der Waals surface area contributed by atoms with Crippen molar-refractivity contribution >= 4 is 51.2 Å². The van der Waals surface area contributed by atoms with Crippen molar-refractivity contribution in [2.24, 2.45) is 0 Å². The molecule has 0 radical (unpaired) electrons. The zero-order chi connectivity index (χ0) is 13.5. The average molecular weight is 353 g/mol. The lowest BCUT2D eigenvalue weighted by Gasteiger charge is -2.06. The molecule has 0 saturated carbocycles. The number of benzene rings is 1. The fraction of sp³-hybridized carbons (Fsp3) is 0.273. The van der Waals surface area contributed by atoms with Crippen LogP contribution in [0.1, 0.15) is 10.4 Å². The zero-order valence-electron chi connectivity index (χ0n) is 9.28. The first-order chi connectivity index (χ1) is 8.50. The highest BCUT2D eigenvalue weighted by Gasteiger charge is 2.09. The maximum Gasteiger partial charge on any atom is 0.313 e. The van der Waals surface area contributed by atoms with Gasteiger partial charge in [-0.05, 0) is 34.1 Å². The lowest BCUT2D eigenvalue weighted by atomic mass is 10.2. The molecule has 0 fully saturated rings. The van der Waals surface area contributed by atoms with Crippen molar-refractivity contribution in [3.63, 3.8) is 0 Å². The van der Waals surface area contributed by atoms with Crippen LogP contribution in [0.2, 0.25) is 5.02 Å². The van der Waals surface area contributed by atoms with Gasteiger partial charge in [-0.15, -0.1) is 11.8 Å².